The number of rotatable bonds is 1. The van der Waals surface area contributed by atoms with Crippen LogP contribution in [-0.2, 0) is 19.1 Å². The molecule has 4 nitrogen and oxygen atoms in total. The lowest BCUT2D eigenvalue weighted by atomic mass is 9.31. The minimum absolute atomic E-state index is 0.00889. The van der Waals surface area contributed by atoms with E-state index in [-0.39, 0.29) is 28.0 Å². The highest BCUT2D eigenvalue weighted by Gasteiger charge is 2.73. The number of Topliss-reactive ketones (excluding diaryl/α,β-unsaturated/α-hetero) is 1. The van der Waals surface area contributed by atoms with Crippen molar-refractivity contribution >= 4 is 11.8 Å². The second-order valence-electron chi connectivity index (χ2n) is 16.2. The van der Waals surface area contributed by atoms with E-state index in [0.717, 1.165) is 18.9 Å². The Hall–Kier alpha value is -0.900. The molecule has 0 aromatic heterocycles. The van der Waals surface area contributed by atoms with Crippen molar-refractivity contribution in [2.45, 2.75) is 125 Å². The van der Waals surface area contributed by atoms with E-state index in [1.54, 1.807) is 0 Å². The van der Waals surface area contributed by atoms with Crippen LogP contribution in [0.1, 0.15) is 113 Å². The molecule has 4 heteroatoms. The molecule has 0 aromatic rings. The fraction of sp³-hybridized carbons (Fsp3) is 0.938. The zero-order valence-corrected chi connectivity index (χ0v) is 24.2. The average molecular weight is 499 g/mol. The zero-order valence-electron chi connectivity index (χ0n) is 24.2. The summed E-state index contributed by atoms with van der Waals surface area (Å²) in [7, 11) is 0. The van der Waals surface area contributed by atoms with E-state index in [1.807, 2.05) is 0 Å². The molecule has 6 fully saturated rings. The highest BCUT2D eigenvalue weighted by Crippen LogP contribution is 2.77. The molecule has 2 bridgehead atoms. The van der Waals surface area contributed by atoms with Crippen molar-refractivity contribution in [1.82, 2.24) is 0 Å². The smallest absolute Gasteiger partial charge is 0.303 e. The Morgan fingerprint density at radius 3 is 2.25 bits per heavy atom. The number of carbonyl (C=O) groups is 2. The Morgan fingerprint density at radius 2 is 1.56 bits per heavy atom. The van der Waals surface area contributed by atoms with Gasteiger partial charge in [-0.25, -0.2) is 0 Å². The van der Waals surface area contributed by atoms with E-state index >= 15 is 0 Å². The first-order valence-electron chi connectivity index (χ1n) is 15.0. The van der Waals surface area contributed by atoms with Crippen LogP contribution in [0.25, 0.3) is 0 Å². The van der Waals surface area contributed by atoms with Crippen molar-refractivity contribution in [2.75, 3.05) is 6.61 Å². The largest absolute Gasteiger partial charge is 0.455 e. The Labute approximate surface area is 219 Å². The van der Waals surface area contributed by atoms with Crippen LogP contribution in [0, 0.1) is 56.2 Å². The molecule has 0 radical (unpaired) electrons. The van der Waals surface area contributed by atoms with E-state index in [2.05, 4.69) is 48.5 Å². The van der Waals surface area contributed by atoms with Gasteiger partial charge in [0.2, 0.25) is 0 Å². The predicted molar refractivity (Wildman–Crippen MR) is 140 cm³/mol. The normalized spacial score (nSPS) is 54.5. The maximum atomic E-state index is 13.5. The summed E-state index contributed by atoms with van der Waals surface area (Å²) in [6, 6.07) is 0. The Bertz CT molecular complexity index is 983. The summed E-state index contributed by atoms with van der Waals surface area (Å²) < 4.78 is 12.4. The molecule has 0 amide bonds. The lowest BCUT2D eigenvalue weighted by Crippen LogP contribution is -2.68. The number of ether oxygens (including phenoxy) is 2. The average Bonchev–Trinajstić information content (AvgIpc) is 3.11. The second kappa shape index (κ2) is 7.39. The Morgan fingerprint density at radius 1 is 0.861 bits per heavy atom. The summed E-state index contributed by atoms with van der Waals surface area (Å²) in [6.07, 6.45) is 10.6. The van der Waals surface area contributed by atoms with Gasteiger partial charge in [0.25, 0.3) is 0 Å². The van der Waals surface area contributed by atoms with Gasteiger partial charge >= 0.3 is 5.97 Å². The van der Waals surface area contributed by atoms with Gasteiger partial charge in [-0.2, -0.15) is 0 Å². The third kappa shape index (κ3) is 2.92. The first kappa shape index (κ1) is 25.4. The minimum Gasteiger partial charge on any atom is -0.455 e. The van der Waals surface area contributed by atoms with Crippen LogP contribution in [0.4, 0.5) is 0 Å². The van der Waals surface area contributed by atoms with Gasteiger partial charge in [-0.1, -0.05) is 48.5 Å². The summed E-state index contributed by atoms with van der Waals surface area (Å²) >= 11 is 0. The van der Waals surface area contributed by atoms with E-state index in [4.69, 9.17) is 9.47 Å². The number of esters is 1. The molecule has 6 rings (SSSR count). The van der Waals surface area contributed by atoms with E-state index in [0.29, 0.717) is 41.1 Å². The Kier molecular flexibility index (Phi) is 5.21. The zero-order chi connectivity index (χ0) is 26.1. The molecule has 202 valence electrons. The summed E-state index contributed by atoms with van der Waals surface area (Å²) in [6.45, 7) is 19.4. The number of carbonyl (C=O) groups excluding carboxylic acids is 2. The van der Waals surface area contributed by atoms with Crippen molar-refractivity contribution in [3.05, 3.63) is 0 Å². The molecule has 1 saturated heterocycles. The van der Waals surface area contributed by atoms with Gasteiger partial charge in [0.1, 0.15) is 0 Å². The third-order valence-electron chi connectivity index (χ3n) is 14.1. The Balaban J connectivity index is 1.39. The summed E-state index contributed by atoms with van der Waals surface area (Å²) in [5, 5.41) is 0. The van der Waals surface area contributed by atoms with Gasteiger partial charge in [0.15, 0.2) is 11.9 Å². The molecule has 10 atom stereocenters. The fourth-order valence-corrected chi connectivity index (χ4v) is 12.2. The summed E-state index contributed by atoms with van der Waals surface area (Å²) in [5.74, 6) is 2.14. The molecular formula is C32H50O4. The lowest BCUT2D eigenvalue weighted by Gasteiger charge is -2.73. The van der Waals surface area contributed by atoms with Crippen LogP contribution in [0.2, 0.25) is 0 Å². The first-order valence-corrected chi connectivity index (χ1v) is 15.0. The molecule has 3 unspecified atom stereocenters. The van der Waals surface area contributed by atoms with Crippen LogP contribution >= 0.6 is 0 Å². The number of hydrogen-bond donors (Lipinski definition) is 0. The van der Waals surface area contributed by atoms with Crippen LogP contribution in [0.5, 0.6) is 0 Å². The molecule has 6 aliphatic rings. The topological polar surface area (TPSA) is 52.6 Å². The molecule has 0 spiro atoms. The van der Waals surface area contributed by atoms with Gasteiger partial charge in [-0.15, -0.1) is 0 Å². The van der Waals surface area contributed by atoms with Crippen molar-refractivity contribution in [3.63, 3.8) is 0 Å². The van der Waals surface area contributed by atoms with Crippen LogP contribution < -0.4 is 0 Å². The maximum absolute atomic E-state index is 13.5. The highest BCUT2D eigenvalue weighted by molar-refractivity contribution is 5.91. The van der Waals surface area contributed by atoms with Crippen molar-refractivity contribution in [1.29, 1.82) is 0 Å². The van der Waals surface area contributed by atoms with Crippen LogP contribution in [0.3, 0.4) is 0 Å². The summed E-state index contributed by atoms with van der Waals surface area (Å²) in [4.78, 5) is 25.5. The number of hydrogen-bond acceptors (Lipinski definition) is 4. The van der Waals surface area contributed by atoms with E-state index in [1.165, 1.54) is 51.9 Å². The molecule has 1 heterocycles. The van der Waals surface area contributed by atoms with Gasteiger partial charge < -0.3 is 9.47 Å². The van der Waals surface area contributed by atoms with Gasteiger partial charge in [-0.3, -0.25) is 9.59 Å². The lowest BCUT2D eigenvalue weighted by molar-refractivity contribution is -0.246. The molecule has 5 aliphatic carbocycles. The summed E-state index contributed by atoms with van der Waals surface area (Å²) in [5.41, 5.74) is 0.767. The van der Waals surface area contributed by atoms with Crippen molar-refractivity contribution < 1.29 is 19.1 Å². The SMILES string of the molecule is CC(=O)OC1C[C@]2(C)[C@H]3CC[C@@H]4C5C6OC[C@@]5(CCC6(C)C)CC[C@@]4(C)[C@]3(C)CC[C@H]2C(C)(C)C1=O. The van der Waals surface area contributed by atoms with E-state index < -0.39 is 11.5 Å². The maximum Gasteiger partial charge on any atom is 0.303 e. The van der Waals surface area contributed by atoms with Crippen molar-refractivity contribution in [2.24, 2.45) is 56.2 Å². The molecule has 36 heavy (non-hydrogen) atoms. The minimum atomic E-state index is -0.593. The standard InChI is InChI=1S/C32H50O4/c1-19(33)36-21-17-29(6)22(28(4,5)25(21)34)11-12-31(8)23(29)10-9-20-24-26-27(2,3)13-15-32(24,18-35-26)16-14-30(20,31)7/h20-24,26H,9-18H2,1-8H3/t20-,21?,22+,23-,24?,26?,29+,30-,31-,32-/m1/s1. The number of fused-ring (bicyclic) bond motifs is 5. The highest BCUT2D eigenvalue weighted by atomic mass is 16.5. The fourth-order valence-electron chi connectivity index (χ4n) is 12.2. The molecule has 0 N–H and O–H groups in total. The third-order valence-corrected chi connectivity index (χ3v) is 14.1. The van der Waals surface area contributed by atoms with E-state index in [9.17, 15) is 9.59 Å². The molecular weight excluding hydrogens is 448 g/mol. The molecule has 5 saturated carbocycles. The number of ketones is 1. The predicted octanol–water partition coefficient (Wildman–Crippen LogP) is 6.99. The van der Waals surface area contributed by atoms with Gasteiger partial charge in [-0.05, 0) is 109 Å². The molecule has 1 aliphatic heterocycles. The monoisotopic (exact) mass is 498 g/mol. The quantitative estimate of drug-likeness (QED) is 0.366. The van der Waals surface area contributed by atoms with Crippen LogP contribution in [0.15, 0.2) is 0 Å². The first-order chi connectivity index (χ1) is 16.6. The van der Waals surface area contributed by atoms with Gasteiger partial charge in [0, 0.05) is 12.3 Å². The van der Waals surface area contributed by atoms with Gasteiger partial charge in [0.05, 0.1) is 12.7 Å². The molecule has 0 aromatic carbocycles. The van der Waals surface area contributed by atoms with Crippen molar-refractivity contribution in [3.8, 4) is 0 Å². The second-order valence-corrected chi connectivity index (χ2v) is 16.2. The van der Waals surface area contributed by atoms with Crippen LogP contribution in [-0.4, -0.2) is 30.6 Å².